The fraction of sp³-hybridized carbons (Fsp3) is 0.333. The number of anilines is 1. The molecular formula is C18H15BrF2N4O2. The molecule has 0 radical (unpaired) electrons. The maximum absolute atomic E-state index is 14.2. The maximum Gasteiger partial charge on any atom is 0.260 e. The van der Waals surface area contributed by atoms with Gasteiger partial charge in [0.2, 0.25) is 11.9 Å². The SMILES string of the molecule is Cc1cnc(NC(=O)CN2CC3(CC3(F)F)c3cc(Br)ccc3C2=O)nc1. The van der Waals surface area contributed by atoms with E-state index in [0.29, 0.717) is 10.0 Å². The minimum absolute atomic E-state index is 0.103. The lowest BCUT2D eigenvalue weighted by Gasteiger charge is -2.34. The zero-order valence-corrected chi connectivity index (χ0v) is 15.9. The van der Waals surface area contributed by atoms with Crippen LogP contribution in [0, 0.1) is 6.92 Å². The number of hydrogen-bond donors (Lipinski definition) is 1. The highest BCUT2D eigenvalue weighted by Crippen LogP contribution is 2.64. The van der Waals surface area contributed by atoms with Crippen molar-refractivity contribution < 1.29 is 18.4 Å². The molecule has 1 aliphatic heterocycles. The highest BCUT2D eigenvalue weighted by molar-refractivity contribution is 9.10. The van der Waals surface area contributed by atoms with E-state index in [1.807, 2.05) is 6.92 Å². The van der Waals surface area contributed by atoms with Crippen molar-refractivity contribution in [1.29, 1.82) is 0 Å². The molecule has 2 amide bonds. The Morgan fingerprint density at radius 3 is 2.63 bits per heavy atom. The molecule has 6 nitrogen and oxygen atoms in total. The number of rotatable bonds is 3. The number of carbonyl (C=O) groups excluding carboxylic acids is 2. The molecule has 1 aliphatic carbocycles. The number of fused-ring (bicyclic) bond motifs is 2. The third kappa shape index (κ3) is 2.99. The van der Waals surface area contributed by atoms with Crippen molar-refractivity contribution >= 4 is 33.7 Å². The van der Waals surface area contributed by atoms with Crippen LogP contribution in [0.25, 0.3) is 0 Å². The molecule has 1 atom stereocenters. The number of carbonyl (C=O) groups is 2. The van der Waals surface area contributed by atoms with Crippen LogP contribution in [-0.4, -0.2) is 45.7 Å². The zero-order valence-electron chi connectivity index (χ0n) is 14.3. The number of nitrogens with zero attached hydrogens (tertiary/aromatic N) is 3. The Morgan fingerprint density at radius 1 is 1.33 bits per heavy atom. The van der Waals surface area contributed by atoms with Gasteiger partial charge in [0.05, 0.1) is 5.41 Å². The van der Waals surface area contributed by atoms with Gasteiger partial charge in [-0.3, -0.25) is 14.9 Å². The van der Waals surface area contributed by atoms with Gasteiger partial charge in [-0.15, -0.1) is 0 Å². The van der Waals surface area contributed by atoms with Crippen LogP contribution in [0.1, 0.15) is 27.9 Å². The molecule has 140 valence electrons. The van der Waals surface area contributed by atoms with Crippen molar-refractivity contribution in [2.75, 3.05) is 18.4 Å². The molecule has 2 aromatic rings. The van der Waals surface area contributed by atoms with Gasteiger partial charge in [-0.2, -0.15) is 0 Å². The van der Waals surface area contributed by atoms with E-state index in [-0.39, 0.29) is 31.0 Å². The lowest BCUT2D eigenvalue weighted by atomic mass is 9.86. The molecule has 0 saturated heterocycles. The maximum atomic E-state index is 14.2. The van der Waals surface area contributed by atoms with Gasteiger partial charge in [0.15, 0.2) is 0 Å². The van der Waals surface area contributed by atoms with Gasteiger partial charge in [-0.05, 0) is 36.2 Å². The summed E-state index contributed by atoms with van der Waals surface area (Å²) in [6.45, 7) is 1.26. The van der Waals surface area contributed by atoms with E-state index in [9.17, 15) is 18.4 Å². The Balaban J connectivity index is 1.57. The van der Waals surface area contributed by atoms with Crippen molar-refractivity contribution in [3.8, 4) is 0 Å². The van der Waals surface area contributed by atoms with Gasteiger partial charge in [0.25, 0.3) is 11.8 Å². The number of amides is 2. The summed E-state index contributed by atoms with van der Waals surface area (Å²) < 4.78 is 29.1. The third-order valence-corrected chi connectivity index (χ3v) is 5.43. The van der Waals surface area contributed by atoms with Crippen LogP contribution < -0.4 is 5.32 Å². The van der Waals surface area contributed by atoms with Crippen LogP contribution in [-0.2, 0) is 10.2 Å². The molecule has 1 aromatic carbocycles. The van der Waals surface area contributed by atoms with E-state index in [4.69, 9.17) is 0 Å². The molecular weight excluding hydrogens is 422 g/mol. The van der Waals surface area contributed by atoms with E-state index in [1.165, 1.54) is 11.0 Å². The summed E-state index contributed by atoms with van der Waals surface area (Å²) >= 11 is 3.28. The van der Waals surface area contributed by atoms with Crippen molar-refractivity contribution in [2.24, 2.45) is 0 Å². The van der Waals surface area contributed by atoms with Gasteiger partial charge in [-0.1, -0.05) is 15.9 Å². The third-order valence-electron chi connectivity index (χ3n) is 4.94. The van der Waals surface area contributed by atoms with Gasteiger partial charge < -0.3 is 4.90 Å². The standard InChI is InChI=1S/C18H15BrF2N4O2/c1-10-5-22-16(23-6-10)24-14(26)7-25-9-17(8-18(17,20)21)13-4-11(19)2-3-12(13)15(25)27/h2-6H,7-9H2,1H3,(H,22,23,24,26). The number of benzene rings is 1. The second kappa shape index (κ2) is 6.05. The molecule has 27 heavy (non-hydrogen) atoms. The lowest BCUT2D eigenvalue weighted by molar-refractivity contribution is -0.117. The monoisotopic (exact) mass is 436 g/mol. The molecule has 0 bridgehead atoms. The Hall–Kier alpha value is -2.42. The number of halogens is 3. The first-order chi connectivity index (χ1) is 12.7. The van der Waals surface area contributed by atoms with Crippen molar-refractivity contribution in [1.82, 2.24) is 14.9 Å². The summed E-state index contributed by atoms with van der Waals surface area (Å²) in [7, 11) is 0. The Kier molecular flexibility index (Phi) is 4.03. The topological polar surface area (TPSA) is 75.2 Å². The molecule has 2 aliphatic rings. The van der Waals surface area contributed by atoms with E-state index in [2.05, 4.69) is 31.2 Å². The normalized spacial score (nSPS) is 22.5. The van der Waals surface area contributed by atoms with Crippen LogP contribution in [0.4, 0.5) is 14.7 Å². The molecule has 4 rings (SSSR count). The lowest BCUT2D eigenvalue weighted by Crippen LogP contribution is -2.48. The Bertz CT molecular complexity index is 951. The summed E-state index contributed by atoms with van der Waals surface area (Å²) in [6, 6.07) is 4.73. The van der Waals surface area contributed by atoms with Gasteiger partial charge >= 0.3 is 0 Å². The molecule has 1 fully saturated rings. The van der Waals surface area contributed by atoms with E-state index in [0.717, 1.165) is 5.56 Å². The van der Waals surface area contributed by atoms with Gasteiger partial charge in [0, 0.05) is 35.4 Å². The zero-order chi connectivity index (χ0) is 19.4. The first-order valence-corrected chi connectivity index (χ1v) is 9.07. The van der Waals surface area contributed by atoms with Crippen LogP contribution in [0.3, 0.4) is 0 Å². The molecule has 2 heterocycles. The molecule has 1 N–H and O–H groups in total. The first kappa shape index (κ1) is 18.0. The molecule has 1 saturated carbocycles. The molecule has 1 aromatic heterocycles. The second-order valence-corrected chi connectivity index (χ2v) is 7.86. The van der Waals surface area contributed by atoms with Crippen molar-refractivity contribution in [3.05, 3.63) is 51.8 Å². The smallest absolute Gasteiger partial charge is 0.260 e. The average Bonchev–Trinajstić information content (AvgIpc) is 3.16. The fourth-order valence-corrected chi connectivity index (χ4v) is 3.83. The predicted molar refractivity (Wildman–Crippen MR) is 96.7 cm³/mol. The summed E-state index contributed by atoms with van der Waals surface area (Å²) in [5, 5.41) is 2.49. The van der Waals surface area contributed by atoms with Crippen molar-refractivity contribution in [2.45, 2.75) is 24.7 Å². The largest absolute Gasteiger partial charge is 0.328 e. The number of aryl methyl sites for hydroxylation is 1. The summed E-state index contributed by atoms with van der Waals surface area (Å²) in [5.41, 5.74) is -0.0491. The fourth-order valence-electron chi connectivity index (χ4n) is 3.47. The van der Waals surface area contributed by atoms with Crippen LogP contribution >= 0.6 is 15.9 Å². The van der Waals surface area contributed by atoms with Gasteiger partial charge in [-0.25, -0.2) is 18.7 Å². The number of alkyl halides is 2. The second-order valence-electron chi connectivity index (χ2n) is 6.95. The molecule has 9 heteroatoms. The van der Waals surface area contributed by atoms with Crippen LogP contribution in [0.5, 0.6) is 0 Å². The molecule has 1 spiro atoms. The minimum atomic E-state index is -2.90. The van der Waals surface area contributed by atoms with Crippen molar-refractivity contribution in [3.63, 3.8) is 0 Å². The highest BCUT2D eigenvalue weighted by Gasteiger charge is 2.74. The van der Waals surface area contributed by atoms with E-state index in [1.54, 1.807) is 24.5 Å². The van der Waals surface area contributed by atoms with Crippen LogP contribution in [0.2, 0.25) is 0 Å². The Morgan fingerprint density at radius 2 is 2.00 bits per heavy atom. The quantitative estimate of drug-likeness (QED) is 0.802. The number of aromatic nitrogens is 2. The highest BCUT2D eigenvalue weighted by atomic mass is 79.9. The summed E-state index contributed by atoms with van der Waals surface area (Å²) in [6.07, 6.45) is 2.75. The number of hydrogen-bond acceptors (Lipinski definition) is 4. The molecule has 1 unspecified atom stereocenters. The van der Waals surface area contributed by atoms with E-state index >= 15 is 0 Å². The predicted octanol–water partition coefficient (Wildman–Crippen LogP) is 2.92. The first-order valence-electron chi connectivity index (χ1n) is 8.27. The van der Waals surface area contributed by atoms with E-state index < -0.39 is 23.2 Å². The van der Waals surface area contributed by atoms with Crippen LogP contribution in [0.15, 0.2) is 35.1 Å². The Labute approximate surface area is 162 Å². The summed E-state index contributed by atoms with van der Waals surface area (Å²) in [4.78, 5) is 34.1. The summed E-state index contributed by atoms with van der Waals surface area (Å²) in [5.74, 6) is -3.78. The number of nitrogens with one attached hydrogen (secondary N) is 1. The average molecular weight is 437 g/mol. The van der Waals surface area contributed by atoms with Gasteiger partial charge in [0.1, 0.15) is 6.54 Å². The minimum Gasteiger partial charge on any atom is -0.328 e.